The molecule has 26 heavy (non-hydrogen) atoms. The minimum absolute atomic E-state index is 0.00887. The van der Waals surface area contributed by atoms with Crippen LogP contribution in [0.4, 0.5) is 18.9 Å². The lowest BCUT2D eigenvalue weighted by Gasteiger charge is -2.46. The number of rotatable bonds is 2. The molecule has 0 saturated heterocycles. The number of ketones is 1. The summed E-state index contributed by atoms with van der Waals surface area (Å²) in [6.45, 7) is 0. The van der Waals surface area contributed by atoms with Gasteiger partial charge in [0, 0.05) is 5.02 Å². The molecule has 4 N–H and O–H groups in total. The van der Waals surface area contributed by atoms with Crippen molar-refractivity contribution >= 4 is 35.0 Å². The van der Waals surface area contributed by atoms with Crippen LogP contribution < -0.4 is 16.4 Å². The summed E-state index contributed by atoms with van der Waals surface area (Å²) in [7, 11) is 0. The van der Waals surface area contributed by atoms with E-state index in [9.17, 15) is 18.0 Å². The standard InChI is InChI=1S/C16H17ClF3N5O/c17-9-4-5-11(10(8-9)12(26)16(18,19)20)25-14(22)23-13(21)24-15(25)6-2-1-3-7-15/h4-5,8H,1-3,6-7H2,(H4,21,22,23,24). The third kappa shape index (κ3) is 3.23. The smallest absolute Gasteiger partial charge is 0.369 e. The number of Topliss-reactive ketones (excluding diaryl/α,β-unsaturated/α-hetero) is 1. The summed E-state index contributed by atoms with van der Waals surface area (Å²) in [5.74, 6) is -2.13. The molecule has 0 aromatic heterocycles. The number of benzene rings is 1. The van der Waals surface area contributed by atoms with Crippen molar-refractivity contribution in [3.05, 3.63) is 28.8 Å². The van der Waals surface area contributed by atoms with Gasteiger partial charge in [-0.05, 0) is 43.9 Å². The second-order valence-electron chi connectivity index (χ2n) is 6.31. The second-order valence-corrected chi connectivity index (χ2v) is 6.74. The SMILES string of the molecule is NC1=NC2(CCCCC2)N(c2ccc(Cl)cc2C(=O)C(F)(F)F)C(N)=N1. The van der Waals surface area contributed by atoms with E-state index in [0.717, 1.165) is 25.3 Å². The summed E-state index contributed by atoms with van der Waals surface area (Å²) in [5, 5.41) is 0.00887. The van der Waals surface area contributed by atoms with Gasteiger partial charge in [0.15, 0.2) is 0 Å². The number of carbonyl (C=O) groups excluding carboxylic acids is 1. The minimum Gasteiger partial charge on any atom is -0.369 e. The molecule has 0 unspecified atom stereocenters. The quantitative estimate of drug-likeness (QED) is 0.761. The molecule has 1 heterocycles. The van der Waals surface area contributed by atoms with Gasteiger partial charge in [-0.15, -0.1) is 0 Å². The average Bonchev–Trinajstić information content (AvgIpc) is 2.54. The van der Waals surface area contributed by atoms with Crippen molar-refractivity contribution in [2.75, 3.05) is 4.90 Å². The van der Waals surface area contributed by atoms with Crippen LogP contribution in [-0.4, -0.2) is 29.5 Å². The van der Waals surface area contributed by atoms with E-state index in [-0.39, 0.29) is 22.6 Å². The van der Waals surface area contributed by atoms with Gasteiger partial charge in [0.05, 0.1) is 11.3 Å². The van der Waals surface area contributed by atoms with Gasteiger partial charge >= 0.3 is 6.18 Å². The highest BCUT2D eigenvalue weighted by Gasteiger charge is 2.46. The van der Waals surface area contributed by atoms with E-state index in [0.29, 0.717) is 12.8 Å². The number of hydrogen-bond donors (Lipinski definition) is 2. The Labute approximate surface area is 152 Å². The Kier molecular flexibility index (Phi) is 4.60. The molecule has 2 aliphatic rings. The summed E-state index contributed by atoms with van der Waals surface area (Å²) < 4.78 is 39.3. The number of nitrogens with zero attached hydrogens (tertiary/aromatic N) is 3. The first kappa shape index (κ1) is 18.5. The van der Waals surface area contributed by atoms with Gasteiger partial charge in [-0.3, -0.25) is 9.69 Å². The molecule has 1 spiro atoms. The lowest BCUT2D eigenvalue weighted by atomic mass is 9.86. The van der Waals surface area contributed by atoms with E-state index in [1.807, 2.05) is 0 Å². The number of aliphatic imine (C=N–C) groups is 2. The first-order valence-corrected chi connectivity index (χ1v) is 8.43. The summed E-state index contributed by atoms with van der Waals surface area (Å²) >= 11 is 5.84. The Hall–Kier alpha value is -2.29. The number of hydrogen-bond acceptors (Lipinski definition) is 6. The number of carbonyl (C=O) groups is 1. The molecule has 1 aliphatic carbocycles. The van der Waals surface area contributed by atoms with Crippen LogP contribution >= 0.6 is 11.6 Å². The molecule has 1 aliphatic heterocycles. The largest absolute Gasteiger partial charge is 0.454 e. The van der Waals surface area contributed by atoms with E-state index in [1.165, 1.54) is 17.0 Å². The molecule has 1 saturated carbocycles. The first-order valence-electron chi connectivity index (χ1n) is 8.05. The zero-order valence-corrected chi connectivity index (χ0v) is 14.4. The second kappa shape index (κ2) is 6.46. The van der Waals surface area contributed by atoms with Crippen molar-refractivity contribution in [2.24, 2.45) is 21.5 Å². The van der Waals surface area contributed by atoms with Gasteiger partial charge in [0.2, 0.25) is 11.9 Å². The van der Waals surface area contributed by atoms with Crippen LogP contribution in [0.1, 0.15) is 42.5 Å². The highest BCUT2D eigenvalue weighted by molar-refractivity contribution is 6.31. The van der Waals surface area contributed by atoms with Gasteiger partial charge in [-0.1, -0.05) is 18.0 Å². The monoisotopic (exact) mass is 387 g/mol. The fourth-order valence-electron chi connectivity index (χ4n) is 3.51. The van der Waals surface area contributed by atoms with E-state index >= 15 is 0 Å². The maximum absolute atomic E-state index is 13.1. The zero-order valence-electron chi connectivity index (χ0n) is 13.7. The van der Waals surface area contributed by atoms with Crippen molar-refractivity contribution < 1.29 is 18.0 Å². The third-order valence-corrected chi connectivity index (χ3v) is 4.79. The molecule has 140 valence electrons. The normalized spacial score (nSPS) is 19.9. The summed E-state index contributed by atoms with van der Waals surface area (Å²) in [5.41, 5.74) is 10.2. The van der Waals surface area contributed by atoms with E-state index < -0.39 is 23.2 Å². The maximum atomic E-state index is 13.1. The third-order valence-electron chi connectivity index (χ3n) is 4.55. The fraction of sp³-hybridized carbons (Fsp3) is 0.438. The van der Waals surface area contributed by atoms with Crippen LogP contribution in [0.3, 0.4) is 0 Å². The summed E-state index contributed by atoms with van der Waals surface area (Å²) in [6, 6.07) is 3.71. The van der Waals surface area contributed by atoms with Crippen molar-refractivity contribution in [1.29, 1.82) is 0 Å². The zero-order chi connectivity index (χ0) is 19.1. The molecular formula is C16H17ClF3N5O. The molecule has 1 aromatic carbocycles. The van der Waals surface area contributed by atoms with Crippen LogP contribution in [0.15, 0.2) is 28.2 Å². The Balaban J connectivity index is 2.18. The minimum atomic E-state index is -5.05. The van der Waals surface area contributed by atoms with E-state index in [1.54, 1.807) is 0 Å². The highest BCUT2D eigenvalue weighted by Crippen LogP contribution is 2.42. The topological polar surface area (TPSA) is 97.1 Å². The molecule has 10 heteroatoms. The molecule has 6 nitrogen and oxygen atoms in total. The Morgan fingerprint density at radius 2 is 1.85 bits per heavy atom. The number of nitrogens with two attached hydrogens (primary N) is 2. The van der Waals surface area contributed by atoms with Crippen LogP contribution in [0.2, 0.25) is 5.02 Å². The molecule has 3 rings (SSSR count). The Morgan fingerprint density at radius 3 is 2.46 bits per heavy atom. The maximum Gasteiger partial charge on any atom is 0.454 e. The molecule has 1 fully saturated rings. The van der Waals surface area contributed by atoms with E-state index in [2.05, 4.69) is 9.98 Å². The molecule has 1 aromatic rings. The predicted octanol–water partition coefficient (Wildman–Crippen LogP) is 3.19. The molecular weight excluding hydrogens is 371 g/mol. The lowest BCUT2D eigenvalue weighted by molar-refractivity contribution is -0.0884. The van der Waals surface area contributed by atoms with Crippen molar-refractivity contribution in [3.8, 4) is 0 Å². The average molecular weight is 388 g/mol. The fourth-order valence-corrected chi connectivity index (χ4v) is 3.68. The predicted molar refractivity (Wildman–Crippen MR) is 93.4 cm³/mol. The van der Waals surface area contributed by atoms with Gasteiger partial charge in [-0.25, -0.2) is 4.99 Å². The van der Waals surface area contributed by atoms with Gasteiger partial charge in [0.1, 0.15) is 5.66 Å². The molecule has 0 atom stereocenters. The van der Waals surface area contributed by atoms with Crippen LogP contribution in [-0.2, 0) is 0 Å². The summed E-state index contributed by atoms with van der Waals surface area (Å²) in [4.78, 5) is 21.7. The Bertz CT molecular complexity index is 800. The van der Waals surface area contributed by atoms with Crippen LogP contribution in [0.5, 0.6) is 0 Å². The van der Waals surface area contributed by atoms with Gasteiger partial charge in [0.25, 0.3) is 5.78 Å². The van der Waals surface area contributed by atoms with Crippen molar-refractivity contribution in [3.63, 3.8) is 0 Å². The lowest BCUT2D eigenvalue weighted by Crippen LogP contribution is -2.58. The molecule has 0 amide bonds. The Morgan fingerprint density at radius 1 is 1.19 bits per heavy atom. The number of alkyl halides is 3. The number of halogens is 4. The number of guanidine groups is 2. The van der Waals surface area contributed by atoms with Crippen LogP contribution in [0, 0.1) is 0 Å². The van der Waals surface area contributed by atoms with Gasteiger partial charge < -0.3 is 11.5 Å². The van der Waals surface area contributed by atoms with E-state index in [4.69, 9.17) is 23.1 Å². The first-order chi connectivity index (χ1) is 12.1. The highest BCUT2D eigenvalue weighted by atomic mass is 35.5. The molecule has 0 bridgehead atoms. The summed E-state index contributed by atoms with van der Waals surface area (Å²) in [6.07, 6.45) is -1.41. The molecule has 0 radical (unpaired) electrons. The van der Waals surface area contributed by atoms with Crippen LogP contribution in [0.25, 0.3) is 0 Å². The van der Waals surface area contributed by atoms with Crippen molar-refractivity contribution in [2.45, 2.75) is 43.9 Å². The van der Waals surface area contributed by atoms with Gasteiger partial charge in [-0.2, -0.15) is 18.2 Å². The van der Waals surface area contributed by atoms with Crippen molar-refractivity contribution in [1.82, 2.24) is 0 Å². The number of anilines is 1.